The highest BCUT2D eigenvalue weighted by Gasteiger charge is 2.29. The lowest BCUT2D eigenvalue weighted by atomic mass is 9.87. The molecule has 0 radical (unpaired) electrons. The first kappa shape index (κ1) is 82.2. The van der Waals surface area contributed by atoms with Crippen LogP contribution in [0.5, 0.6) is 0 Å². The molecule has 0 amide bonds. The van der Waals surface area contributed by atoms with E-state index in [2.05, 4.69) is 425 Å². The molecule has 0 fully saturated rings. The SMILES string of the molecule is c1ccc(-c2nc(-c3cccc(-c4nc5ccccc5c5c(-c6ccc7c8ccccc8c8ccccc8c7c6)c6c(cc45)oc4ccccc46)c3)nc(-c3cc4ccccc4c4ccccc34)n2)cc1.c1ccc(-c2nc(-c3cccc(-c4nc5ccccc5c5c(-c6ccc7c8ccccc8c8ccccc8c7c6)c6c(cc45)oc4ccccc46)c3)nc(-c3ccc4c5ccccc5c5ccccc5c4c3)n2)cc1. The zero-order valence-corrected chi connectivity index (χ0v) is 78.4. The molecule has 31 rings (SSSR count). The van der Waals surface area contributed by atoms with Gasteiger partial charge in [0.1, 0.15) is 22.3 Å². The maximum atomic E-state index is 6.86. The summed E-state index contributed by atoms with van der Waals surface area (Å²) < 4.78 is 13.7. The smallest absolute Gasteiger partial charge is 0.164 e. The third-order valence-electron chi connectivity index (χ3n) is 29.9. The van der Waals surface area contributed by atoms with Gasteiger partial charge in [-0.05, 0) is 202 Å². The predicted molar refractivity (Wildman–Crippen MR) is 607 cm³/mol. The molecule has 0 unspecified atom stereocenters. The largest absolute Gasteiger partial charge is 0.456 e. The number of hydrogen-bond donors (Lipinski definition) is 0. The Kier molecular flexibility index (Phi) is 18.6. The zero-order valence-electron chi connectivity index (χ0n) is 78.4. The van der Waals surface area contributed by atoms with Crippen LogP contribution >= 0.6 is 0 Å². The van der Waals surface area contributed by atoms with Crippen molar-refractivity contribution in [3.05, 3.63) is 473 Å². The van der Waals surface area contributed by atoms with Gasteiger partial charge in [-0.15, -0.1) is 0 Å². The first-order valence-electron chi connectivity index (χ1n) is 49.5. The first-order valence-corrected chi connectivity index (χ1v) is 49.5. The van der Waals surface area contributed by atoms with E-state index in [4.69, 9.17) is 48.7 Å². The van der Waals surface area contributed by atoms with E-state index in [1.807, 2.05) is 48.5 Å². The van der Waals surface area contributed by atoms with Crippen molar-refractivity contribution in [3.8, 4) is 113 Å². The molecule has 674 valence electrons. The lowest BCUT2D eigenvalue weighted by Crippen LogP contribution is -2.01. The van der Waals surface area contributed by atoms with E-state index in [1.54, 1.807) is 0 Å². The van der Waals surface area contributed by atoms with Gasteiger partial charge in [0, 0.05) is 109 Å². The molecular weight excluding hydrogens is 1780 g/mol. The van der Waals surface area contributed by atoms with Gasteiger partial charge in [0.15, 0.2) is 34.9 Å². The summed E-state index contributed by atoms with van der Waals surface area (Å²) in [6.07, 6.45) is 0. The number of pyridine rings is 2. The Hall–Kier alpha value is -19.7. The molecule has 31 aromatic rings. The molecule has 10 heteroatoms. The fourth-order valence-corrected chi connectivity index (χ4v) is 23.4. The van der Waals surface area contributed by atoms with Crippen molar-refractivity contribution >= 4 is 206 Å². The van der Waals surface area contributed by atoms with Crippen molar-refractivity contribution in [1.82, 2.24) is 39.9 Å². The molecule has 0 aliphatic rings. The van der Waals surface area contributed by atoms with Crippen molar-refractivity contribution in [1.29, 1.82) is 0 Å². The fraction of sp³-hybridized carbons (Fsp3) is 0. The summed E-state index contributed by atoms with van der Waals surface area (Å²) in [7, 11) is 0. The van der Waals surface area contributed by atoms with Crippen molar-refractivity contribution in [2.24, 2.45) is 0 Å². The maximum Gasteiger partial charge on any atom is 0.164 e. The lowest BCUT2D eigenvalue weighted by Gasteiger charge is -2.17. The number of hydrogen-bond acceptors (Lipinski definition) is 10. The summed E-state index contributed by atoms with van der Waals surface area (Å²) in [4.78, 5) is 42.6. The molecule has 146 heavy (non-hydrogen) atoms. The van der Waals surface area contributed by atoms with E-state index >= 15 is 0 Å². The van der Waals surface area contributed by atoms with Gasteiger partial charge in [0.05, 0.1) is 22.4 Å². The second-order valence-electron chi connectivity index (χ2n) is 38.0. The Morgan fingerprint density at radius 2 is 0.397 bits per heavy atom. The standard InChI is InChI=1S/C70H40N4O.C66H38N4O/c1-2-17-41(18-3-1)68-72-69(74-70(73-68)45-34-36-55-51-26-7-5-22-47(51)49-24-9-11-28-53(49)59(55)39-45)44-20-16-19-43(37-44)67-60-40-63-66(57-30-13-15-32-62(57)75-63)64(65(60)56-29-12-14-31-61(56)71-67)42-33-35-54-50-25-6-4-21-46(50)48-23-8-10-27-52(48)58(54)38-42;1-2-17-39(18-3-1)64-68-65(70-66(69-64)55-36-40-19-4-5-22-44(40)45-23-6-11-28-50(45)55)43-21-16-20-42(35-43)63-56-38-59-62(53-30-13-15-32-58(53)71-59)60(61(56)52-29-12-14-31-57(52)67-63)41-33-34-51-48-26-8-7-24-46(48)47-25-9-10-27-49(47)54(51)37-41/h1-40H;1-38H. The van der Waals surface area contributed by atoms with Gasteiger partial charge >= 0.3 is 0 Å². The molecule has 6 aromatic heterocycles. The van der Waals surface area contributed by atoms with E-state index in [0.29, 0.717) is 34.9 Å². The summed E-state index contributed by atoms with van der Waals surface area (Å²) >= 11 is 0. The highest BCUT2D eigenvalue weighted by atomic mass is 16.3. The van der Waals surface area contributed by atoms with Gasteiger partial charge in [0.2, 0.25) is 0 Å². The average molecular weight is 1860 g/mol. The van der Waals surface area contributed by atoms with E-state index < -0.39 is 0 Å². The Morgan fingerprint density at radius 1 is 0.130 bits per heavy atom. The number of aromatic nitrogens is 8. The Balaban J connectivity index is 0.000000136. The Labute approximate surface area is 834 Å². The average Bonchev–Trinajstić information content (AvgIpc) is 1.02. The molecule has 0 atom stereocenters. The fourth-order valence-electron chi connectivity index (χ4n) is 23.4. The van der Waals surface area contributed by atoms with Crippen LogP contribution in [0.3, 0.4) is 0 Å². The van der Waals surface area contributed by atoms with Crippen LogP contribution in [0.15, 0.2) is 482 Å². The molecule has 0 spiro atoms. The first-order chi connectivity index (χ1) is 72.4. The molecule has 0 bridgehead atoms. The molecule has 0 N–H and O–H groups in total. The van der Waals surface area contributed by atoms with Crippen LogP contribution in [0.4, 0.5) is 0 Å². The van der Waals surface area contributed by atoms with E-state index in [1.165, 1.54) is 97.0 Å². The summed E-state index contributed by atoms with van der Waals surface area (Å²) in [6.45, 7) is 0. The molecule has 25 aromatic carbocycles. The third kappa shape index (κ3) is 13.1. The second kappa shape index (κ2) is 33.0. The topological polar surface area (TPSA) is 129 Å². The van der Waals surface area contributed by atoms with Crippen LogP contribution in [0, 0.1) is 0 Å². The van der Waals surface area contributed by atoms with Crippen LogP contribution in [-0.4, -0.2) is 39.9 Å². The summed E-state index contributed by atoms with van der Waals surface area (Å²) in [5, 5.41) is 37.3. The van der Waals surface area contributed by atoms with Crippen molar-refractivity contribution in [2.75, 3.05) is 0 Å². The third-order valence-corrected chi connectivity index (χ3v) is 29.9. The van der Waals surface area contributed by atoms with Gasteiger partial charge in [-0.2, -0.15) is 0 Å². The van der Waals surface area contributed by atoms with Crippen LogP contribution in [0.2, 0.25) is 0 Å². The lowest BCUT2D eigenvalue weighted by molar-refractivity contribution is 0.669. The van der Waals surface area contributed by atoms with Crippen LogP contribution in [-0.2, 0) is 0 Å². The van der Waals surface area contributed by atoms with Crippen molar-refractivity contribution in [3.63, 3.8) is 0 Å². The second-order valence-corrected chi connectivity index (χ2v) is 38.0. The van der Waals surface area contributed by atoms with E-state index in [9.17, 15) is 0 Å². The van der Waals surface area contributed by atoms with Gasteiger partial charge < -0.3 is 8.83 Å². The summed E-state index contributed by atoms with van der Waals surface area (Å²) in [6, 6.07) is 168. The van der Waals surface area contributed by atoms with Crippen LogP contribution < -0.4 is 0 Å². The monoisotopic (exact) mass is 1850 g/mol. The van der Waals surface area contributed by atoms with Crippen molar-refractivity contribution in [2.45, 2.75) is 0 Å². The number of furan rings is 2. The number of benzene rings is 25. The Morgan fingerprint density at radius 3 is 0.788 bits per heavy atom. The maximum absolute atomic E-state index is 6.86. The minimum Gasteiger partial charge on any atom is -0.456 e. The molecule has 0 saturated heterocycles. The molecule has 0 aliphatic heterocycles. The van der Waals surface area contributed by atoms with Gasteiger partial charge in [-0.25, -0.2) is 39.9 Å². The minimum absolute atomic E-state index is 0.575. The quantitative estimate of drug-likeness (QED) is 0.122. The summed E-state index contributed by atoms with van der Waals surface area (Å²) in [5.41, 5.74) is 18.6. The van der Waals surface area contributed by atoms with Gasteiger partial charge in [-0.1, -0.05) is 400 Å². The Bertz CT molecular complexity index is 10900. The van der Waals surface area contributed by atoms with Crippen LogP contribution in [0.1, 0.15) is 0 Å². The number of fused-ring (bicyclic) bond motifs is 33. The van der Waals surface area contributed by atoms with Gasteiger partial charge in [-0.3, -0.25) is 0 Å². The highest BCUT2D eigenvalue weighted by Crippen LogP contribution is 2.53. The molecule has 6 heterocycles. The number of para-hydroxylation sites is 4. The zero-order chi connectivity index (χ0) is 95.7. The molecule has 0 aliphatic carbocycles. The minimum atomic E-state index is 0.575. The normalized spacial score (nSPS) is 12.0. The van der Waals surface area contributed by atoms with E-state index in [-0.39, 0.29) is 0 Å². The van der Waals surface area contributed by atoms with Crippen molar-refractivity contribution < 1.29 is 8.83 Å². The van der Waals surface area contributed by atoms with E-state index in [0.717, 1.165) is 187 Å². The van der Waals surface area contributed by atoms with Crippen LogP contribution in [0.25, 0.3) is 319 Å². The number of nitrogens with zero attached hydrogens (tertiary/aromatic N) is 8. The summed E-state index contributed by atoms with van der Waals surface area (Å²) in [5.74, 6) is 3.58. The number of rotatable bonds is 10. The van der Waals surface area contributed by atoms with Gasteiger partial charge in [0.25, 0.3) is 0 Å². The predicted octanol–water partition coefficient (Wildman–Crippen LogP) is 36.3. The molecule has 0 saturated carbocycles. The molecule has 10 nitrogen and oxygen atoms in total. The molecular formula is C136H78N8O2. The highest BCUT2D eigenvalue weighted by molar-refractivity contribution is 6.34.